The van der Waals surface area contributed by atoms with Crippen molar-refractivity contribution in [3.63, 3.8) is 0 Å². The lowest BCUT2D eigenvalue weighted by Crippen LogP contribution is -1.97. The first-order valence-corrected chi connectivity index (χ1v) is 5.91. The van der Waals surface area contributed by atoms with Crippen molar-refractivity contribution in [1.82, 2.24) is 0 Å². The maximum atomic E-state index is 13.6. The van der Waals surface area contributed by atoms with Crippen LogP contribution in [0.5, 0.6) is 11.5 Å². The maximum absolute atomic E-state index is 13.6. The molecule has 0 aliphatic carbocycles. The molecule has 1 unspecified atom stereocenters. The van der Waals surface area contributed by atoms with Gasteiger partial charge in [-0.2, -0.15) is 0 Å². The highest BCUT2D eigenvalue weighted by molar-refractivity contribution is 5.35. The van der Waals surface area contributed by atoms with Gasteiger partial charge >= 0.3 is 0 Å². The van der Waals surface area contributed by atoms with Gasteiger partial charge in [0.1, 0.15) is 5.75 Å². The standard InChI is InChI=1S/C15H15FO2/c1-2-14(17)11-8-9-13(16)15(10-11)18-12-6-4-3-5-7-12/h3-10,14,17H,2H2,1H3. The molecule has 2 nitrogen and oxygen atoms in total. The van der Waals surface area contributed by atoms with E-state index in [1.165, 1.54) is 12.1 Å². The minimum Gasteiger partial charge on any atom is -0.454 e. The van der Waals surface area contributed by atoms with Gasteiger partial charge in [-0.25, -0.2) is 4.39 Å². The highest BCUT2D eigenvalue weighted by Gasteiger charge is 2.10. The molecule has 1 N–H and O–H groups in total. The van der Waals surface area contributed by atoms with Crippen molar-refractivity contribution < 1.29 is 14.2 Å². The summed E-state index contributed by atoms with van der Waals surface area (Å²) in [7, 11) is 0. The average Bonchev–Trinajstić information content (AvgIpc) is 2.41. The monoisotopic (exact) mass is 246 g/mol. The van der Waals surface area contributed by atoms with Crippen LogP contribution in [0.3, 0.4) is 0 Å². The molecule has 0 saturated carbocycles. The smallest absolute Gasteiger partial charge is 0.165 e. The van der Waals surface area contributed by atoms with Crippen LogP contribution >= 0.6 is 0 Å². The van der Waals surface area contributed by atoms with Crippen LogP contribution in [0.2, 0.25) is 0 Å². The first-order chi connectivity index (χ1) is 8.70. The molecular formula is C15H15FO2. The number of para-hydroxylation sites is 1. The van der Waals surface area contributed by atoms with E-state index in [1.54, 1.807) is 18.2 Å². The van der Waals surface area contributed by atoms with Crippen molar-refractivity contribution >= 4 is 0 Å². The average molecular weight is 246 g/mol. The van der Waals surface area contributed by atoms with Gasteiger partial charge in [-0.05, 0) is 36.2 Å². The van der Waals surface area contributed by atoms with Crippen molar-refractivity contribution in [2.75, 3.05) is 0 Å². The minimum atomic E-state index is -0.594. The summed E-state index contributed by atoms with van der Waals surface area (Å²) in [6.07, 6.45) is -0.0140. The molecule has 0 spiro atoms. The quantitative estimate of drug-likeness (QED) is 0.881. The molecule has 0 bridgehead atoms. The van der Waals surface area contributed by atoms with Gasteiger partial charge in [0, 0.05) is 0 Å². The summed E-state index contributed by atoms with van der Waals surface area (Å²) in [4.78, 5) is 0. The lowest BCUT2D eigenvalue weighted by Gasteiger charge is -2.11. The van der Waals surface area contributed by atoms with Gasteiger partial charge in [0.05, 0.1) is 6.10 Å². The molecule has 0 amide bonds. The van der Waals surface area contributed by atoms with Gasteiger partial charge in [0.2, 0.25) is 0 Å². The second-order valence-electron chi connectivity index (χ2n) is 4.03. The summed E-state index contributed by atoms with van der Waals surface area (Å²) in [5.74, 6) is 0.261. The molecule has 18 heavy (non-hydrogen) atoms. The predicted molar refractivity (Wildman–Crippen MR) is 68.2 cm³/mol. The SMILES string of the molecule is CCC(O)c1ccc(F)c(Oc2ccccc2)c1. The normalized spacial score (nSPS) is 12.2. The summed E-state index contributed by atoms with van der Waals surface area (Å²) in [5.41, 5.74) is 0.657. The van der Waals surface area contributed by atoms with Gasteiger partial charge < -0.3 is 9.84 Å². The van der Waals surface area contributed by atoms with Crippen molar-refractivity contribution in [2.24, 2.45) is 0 Å². The van der Waals surface area contributed by atoms with Crippen LogP contribution in [0.25, 0.3) is 0 Å². The van der Waals surface area contributed by atoms with Crippen LogP contribution in [0.4, 0.5) is 4.39 Å². The fourth-order valence-electron chi connectivity index (χ4n) is 1.66. The van der Waals surface area contributed by atoms with Crippen molar-refractivity contribution in [3.8, 4) is 11.5 Å². The lowest BCUT2D eigenvalue weighted by molar-refractivity contribution is 0.173. The highest BCUT2D eigenvalue weighted by Crippen LogP contribution is 2.28. The van der Waals surface area contributed by atoms with Gasteiger partial charge in [0.25, 0.3) is 0 Å². The maximum Gasteiger partial charge on any atom is 0.165 e. The first-order valence-electron chi connectivity index (χ1n) is 5.91. The zero-order valence-corrected chi connectivity index (χ0v) is 10.1. The molecular weight excluding hydrogens is 231 g/mol. The summed E-state index contributed by atoms with van der Waals surface area (Å²) in [6.45, 7) is 1.87. The molecule has 94 valence electrons. The van der Waals surface area contributed by atoms with Gasteiger partial charge in [-0.3, -0.25) is 0 Å². The van der Waals surface area contributed by atoms with Crippen molar-refractivity contribution in [3.05, 3.63) is 59.9 Å². The summed E-state index contributed by atoms with van der Waals surface area (Å²) >= 11 is 0. The fourth-order valence-corrected chi connectivity index (χ4v) is 1.66. The number of aliphatic hydroxyl groups excluding tert-OH is 1. The molecule has 0 heterocycles. The highest BCUT2D eigenvalue weighted by atomic mass is 19.1. The van der Waals surface area contributed by atoms with E-state index in [-0.39, 0.29) is 5.75 Å². The third kappa shape index (κ3) is 2.87. The number of hydrogen-bond donors (Lipinski definition) is 1. The summed E-state index contributed by atoms with van der Waals surface area (Å²) in [5, 5.41) is 9.73. The molecule has 0 aliphatic rings. The lowest BCUT2D eigenvalue weighted by atomic mass is 10.1. The Morgan fingerprint density at radius 3 is 2.56 bits per heavy atom. The van der Waals surface area contributed by atoms with Gasteiger partial charge in [-0.15, -0.1) is 0 Å². The Hall–Kier alpha value is -1.87. The molecule has 0 radical (unpaired) electrons. The molecule has 3 heteroatoms. The Bertz CT molecular complexity index is 511. The Kier molecular flexibility index (Phi) is 3.95. The number of halogens is 1. The molecule has 0 aliphatic heterocycles. The van der Waals surface area contributed by atoms with E-state index in [0.717, 1.165) is 0 Å². The van der Waals surface area contributed by atoms with Crippen LogP contribution < -0.4 is 4.74 Å². The van der Waals surface area contributed by atoms with E-state index in [1.807, 2.05) is 25.1 Å². The van der Waals surface area contributed by atoms with E-state index in [2.05, 4.69) is 0 Å². The molecule has 2 aromatic carbocycles. The van der Waals surface area contributed by atoms with Gasteiger partial charge in [-0.1, -0.05) is 31.2 Å². The van der Waals surface area contributed by atoms with Crippen LogP contribution in [-0.2, 0) is 0 Å². The fraction of sp³-hybridized carbons (Fsp3) is 0.200. The zero-order valence-electron chi connectivity index (χ0n) is 10.1. The number of aliphatic hydroxyl groups is 1. The van der Waals surface area contributed by atoms with E-state index < -0.39 is 11.9 Å². The van der Waals surface area contributed by atoms with Crippen molar-refractivity contribution in [2.45, 2.75) is 19.4 Å². The van der Waals surface area contributed by atoms with E-state index in [9.17, 15) is 9.50 Å². The van der Waals surface area contributed by atoms with E-state index in [4.69, 9.17) is 4.74 Å². The Labute approximate surface area is 106 Å². The second kappa shape index (κ2) is 5.65. The summed E-state index contributed by atoms with van der Waals surface area (Å²) in [6, 6.07) is 13.4. The van der Waals surface area contributed by atoms with E-state index in [0.29, 0.717) is 17.7 Å². The molecule has 0 aromatic heterocycles. The number of hydrogen-bond acceptors (Lipinski definition) is 2. The second-order valence-corrected chi connectivity index (χ2v) is 4.03. The third-order valence-corrected chi connectivity index (χ3v) is 2.70. The van der Waals surface area contributed by atoms with Crippen LogP contribution in [-0.4, -0.2) is 5.11 Å². The molecule has 1 atom stereocenters. The van der Waals surface area contributed by atoms with Crippen LogP contribution in [0, 0.1) is 5.82 Å². The van der Waals surface area contributed by atoms with Crippen LogP contribution in [0.1, 0.15) is 25.0 Å². The van der Waals surface area contributed by atoms with Gasteiger partial charge in [0.15, 0.2) is 11.6 Å². The predicted octanol–water partition coefficient (Wildman–Crippen LogP) is 4.06. The Balaban J connectivity index is 2.27. The largest absolute Gasteiger partial charge is 0.454 e. The Morgan fingerprint density at radius 1 is 1.17 bits per heavy atom. The first kappa shape index (κ1) is 12.6. The van der Waals surface area contributed by atoms with Crippen LogP contribution in [0.15, 0.2) is 48.5 Å². The molecule has 2 rings (SSSR count). The topological polar surface area (TPSA) is 29.5 Å². The number of benzene rings is 2. The number of ether oxygens (including phenoxy) is 1. The molecule has 0 saturated heterocycles. The minimum absolute atomic E-state index is 0.131. The molecule has 2 aromatic rings. The Morgan fingerprint density at radius 2 is 1.89 bits per heavy atom. The van der Waals surface area contributed by atoms with Crippen molar-refractivity contribution in [1.29, 1.82) is 0 Å². The number of rotatable bonds is 4. The third-order valence-electron chi connectivity index (χ3n) is 2.70. The molecule has 0 fully saturated rings. The van der Waals surface area contributed by atoms with E-state index >= 15 is 0 Å². The zero-order chi connectivity index (χ0) is 13.0. The summed E-state index contributed by atoms with van der Waals surface area (Å²) < 4.78 is 19.1.